The molecule has 0 aliphatic heterocycles. The van der Waals surface area contributed by atoms with Gasteiger partial charge < -0.3 is 4.74 Å². The van der Waals surface area contributed by atoms with E-state index in [-0.39, 0.29) is 0 Å². The Labute approximate surface area is 121 Å². The molecule has 1 aromatic carbocycles. The predicted octanol–water partition coefficient (Wildman–Crippen LogP) is 4.23. The molecule has 2 rings (SSSR count). The zero-order chi connectivity index (χ0) is 13.8. The maximum absolute atomic E-state index is 11.6. The summed E-state index contributed by atoms with van der Waals surface area (Å²) in [5.41, 5.74) is 1.60. The first-order chi connectivity index (χ1) is 9.13. The summed E-state index contributed by atoms with van der Waals surface area (Å²) in [6, 6.07) is 8.52. The molecule has 0 aliphatic carbocycles. The van der Waals surface area contributed by atoms with E-state index in [9.17, 15) is 4.79 Å². The van der Waals surface area contributed by atoms with Crippen LogP contribution < -0.4 is 0 Å². The Bertz CT molecular complexity index is 577. The number of hydrogen-bond donors (Lipinski definition) is 0. The molecule has 1 aromatic heterocycles. The van der Waals surface area contributed by atoms with Crippen LogP contribution in [0.2, 0.25) is 10.0 Å². The van der Waals surface area contributed by atoms with Crippen LogP contribution in [-0.2, 0) is 4.74 Å². The van der Waals surface area contributed by atoms with E-state index in [1.54, 1.807) is 25.3 Å². The standard InChI is InChI=1S/C14H11Cl2NO2/c1-2-19-14(18)9-7-10(15)13(11(16)8-9)12-5-3-4-6-17-12/h3-8H,2H2,1H3. The van der Waals surface area contributed by atoms with E-state index in [4.69, 9.17) is 27.9 Å². The smallest absolute Gasteiger partial charge is 0.338 e. The molecule has 2 aromatic rings. The van der Waals surface area contributed by atoms with Crippen LogP contribution in [0, 0.1) is 0 Å². The first-order valence-electron chi connectivity index (χ1n) is 5.71. The van der Waals surface area contributed by atoms with Gasteiger partial charge in [-0.3, -0.25) is 4.98 Å². The zero-order valence-corrected chi connectivity index (χ0v) is 11.7. The molecular formula is C14H11Cl2NO2. The number of benzene rings is 1. The number of pyridine rings is 1. The van der Waals surface area contributed by atoms with E-state index in [0.29, 0.717) is 33.5 Å². The van der Waals surface area contributed by atoms with E-state index in [2.05, 4.69) is 4.98 Å². The summed E-state index contributed by atoms with van der Waals surface area (Å²) < 4.78 is 4.91. The van der Waals surface area contributed by atoms with Crippen LogP contribution in [0.25, 0.3) is 11.3 Å². The van der Waals surface area contributed by atoms with Gasteiger partial charge in [-0.2, -0.15) is 0 Å². The van der Waals surface area contributed by atoms with Crippen molar-refractivity contribution in [3.05, 3.63) is 52.1 Å². The molecule has 0 N–H and O–H groups in total. The fraction of sp³-hybridized carbons (Fsp3) is 0.143. The molecule has 0 fully saturated rings. The maximum atomic E-state index is 11.6. The number of halogens is 2. The van der Waals surface area contributed by atoms with Crippen molar-refractivity contribution in [3.63, 3.8) is 0 Å². The lowest BCUT2D eigenvalue weighted by molar-refractivity contribution is 0.0526. The highest BCUT2D eigenvalue weighted by molar-refractivity contribution is 6.39. The number of carbonyl (C=O) groups excluding carboxylic acids is 1. The SMILES string of the molecule is CCOC(=O)c1cc(Cl)c(-c2ccccn2)c(Cl)c1. The summed E-state index contributed by atoms with van der Waals surface area (Å²) in [5.74, 6) is -0.445. The minimum Gasteiger partial charge on any atom is -0.462 e. The number of esters is 1. The molecule has 5 heteroatoms. The molecule has 0 saturated carbocycles. The minimum atomic E-state index is -0.445. The van der Waals surface area contributed by atoms with E-state index >= 15 is 0 Å². The van der Waals surface area contributed by atoms with E-state index < -0.39 is 5.97 Å². The number of hydrogen-bond acceptors (Lipinski definition) is 3. The molecule has 0 aliphatic rings. The lowest BCUT2D eigenvalue weighted by atomic mass is 10.1. The Hall–Kier alpha value is -1.58. The lowest BCUT2D eigenvalue weighted by Crippen LogP contribution is -2.05. The van der Waals surface area contributed by atoms with Crippen molar-refractivity contribution in [1.82, 2.24) is 4.98 Å². The van der Waals surface area contributed by atoms with Gasteiger partial charge >= 0.3 is 5.97 Å². The van der Waals surface area contributed by atoms with Crippen LogP contribution >= 0.6 is 23.2 Å². The van der Waals surface area contributed by atoms with E-state index in [0.717, 1.165) is 0 Å². The Kier molecular flexibility index (Phi) is 4.40. The molecule has 0 amide bonds. The Morgan fingerprint density at radius 1 is 1.26 bits per heavy atom. The molecule has 0 unspecified atom stereocenters. The highest BCUT2D eigenvalue weighted by Crippen LogP contribution is 2.34. The van der Waals surface area contributed by atoms with Crippen molar-refractivity contribution < 1.29 is 9.53 Å². The van der Waals surface area contributed by atoms with Crippen molar-refractivity contribution in [2.75, 3.05) is 6.61 Å². The zero-order valence-electron chi connectivity index (χ0n) is 10.2. The molecule has 3 nitrogen and oxygen atoms in total. The largest absolute Gasteiger partial charge is 0.462 e. The summed E-state index contributed by atoms with van der Waals surface area (Å²) in [4.78, 5) is 15.8. The summed E-state index contributed by atoms with van der Waals surface area (Å²) >= 11 is 12.4. The molecule has 0 atom stereocenters. The summed E-state index contributed by atoms with van der Waals surface area (Å²) in [7, 11) is 0. The average molecular weight is 296 g/mol. The Morgan fingerprint density at radius 3 is 2.47 bits per heavy atom. The quantitative estimate of drug-likeness (QED) is 0.796. The van der Waals surface area contributed by atoms with Crippen LogP contribution in [-0.4, -0.2) is 17.6 Å². The second kappa shape index (κ2) is 6.04. The number of carbonyl (C=O) groups is 1. The third-order valence-electron chi connectivity index (χ3n) is 2.47. The van der Waals surface area contributed by atoms with Gasteiger partial charge in [-0.05, 0) is 31.2 Å². The molecule has 19 heavy (non-hydrogen) atoms. The molecule has 0 saturated heterocycles. The highest BCUT2D eigenvalue weighted by Gasteiger charge is 2.15. The van der Waals surface area contributed by atoms with E-state index in [1.165, 1.54) is 12.1 Å². The number of aromatic nitrogens is 1. The van der Waals surface area contributed by atoms with Gasteiger partial charge in [0.05, 0.1) is 27.9 Å². The molecule has 1 heterocycles. The monoisotopic (exact) mass is 295 g/mol. The van der Waals surface area contributed by atoms with E-state index in [1.807, 2.05) is 6.07 Å². The van der Waals surface area contributed by atoms with Crippen LogP contribution in [0.4, 0.5) is 0 Å². The third kappa shape index (κ3) is 3.06. The van der Waals surface area contributed by atoms with Crippen molar-refractivity contribution in [3.8, 4) is 11.3 Å². The average Bonchev–Trinajstić information content (AvgIpc) is 2.39. The molecule has 98 valence electrons. The van der Waals surface area contributed by atoms with Gasteiger partial charge in [-0.25, -0.2) is 4.79 Å². The lowest BCUT2D eigenvalue weighted by Gasteiger charge is -2.09. The summed E-state index contributed by atoms with van der Waals surface area (Å²) in [5, 5.41) is 0.739. The fourth-order valence-electron chi connectivity index (χ4n) is 1.66. The molecule has 0 bridgehead atoms. The first-order valence-corrected chi connectivity index (χ1v) is 6.46. The Balaban J connectivity index is 2.47. The minimum absolute atomic E-state index is 0.302. The van der Waals surface area contributed by atoms with Gasteiger partial charge in [-0.15, -0.1) is 0 Å². The highest BCUT2D eigenvalue weighted by atomic mass is 35.5. The van der Waals surface area contributed by atoms with Crippen LogP contribution in [0.15, 0.2) is 36.5 Å². The van der Waals surface area contributed by atoms with Crippen LogP contribution in [0.3, 0.4) is 0 Å². The molecule has 0 spiro atoms. The maximum Gasteiger partial charge on any atom is 0.338 e. The summed E-state index contributed by atoms with van der Waals surface area (Å²) in [6.07, 6.45) is 1.65. The van der Waals surface area contributed by atoms with Gasteiger partial charge in [0, 0.05) is 11.8 Å². The van der Waals surface area contributed by atoms with Gasteiger partial charge in [0.1, 0.15) is 0 Å². The van der Waals surface area contributed by atoms with Gasteiger partial charge in [0.15, 0.2) is 0 Å². The van der Waals surface area contributed by atoms with Crippen LogP contribution in [0.5, 0.6) is 0 Å². The summed E-state index contributed by atoms with van der Waals surface area (Å²) in [6.45, 7) is 2.04. The van der Waals surface area contributed by atoms with Gasteiger partial charge in [0.2, 0.25) is 0 Å². The van der Waals surface area contributed by atoms with Crippen molar-refractivity contribution in [1.29, 1.82) is 0 Å². The second-order valence-corrected chi connectivity index (χ2v) is 4.56. The van der Waals surface area contributed by atoms with Gasteiger partial charge in [0.25, 0.3) is 0 Å². The topological polar surface area (TPSA) is 39.2 Å². The fourth-order valence-corrected chi connectivity index (χ4v) is 2.34. The number of nitrogens with zero attached hydrogens (tertiary/aromatic N) is 1. The van der Waals surface area contributed by atoms with Crippen molar-refractivity contribution in [2.45, 2.75) is 6.92 Å². The molecule has 0 radical (unpaired) electrons. The third-order valence-corrected chi connectivity index (χ3v) is 3.07. The van der Waals surface area contributed by atoms with Crippen LogP contribution in [0.1, 0.15) is 17.3 Å². The number of ether oxygens (including phenoxy) is 1. The predicted molar refractivity (Wildman–Crippen MR) is 75.6 cm³/mol. The van der Waals surface area contributed by atoms with Crippen molar-refractivity contribution in [2.24, 2.45) is 0 Å². The Morgan fingerprint density at radius 2 is 1.95 bits per heavy atom. The van der Waals surface area contributed by atoms with Gasteiger partial charge in [-0.1, -0.05) is 29.3 Å². The first kappa shape index (κ1) is 13.8. The normalized spacial score (nSPS) is 10.3. The number of rotatable bonds is 3. The van der Waals surface area contributed by atoms with Crippen molar-refractivity contribution >= 4 is 29.2 Å². The second-order valence-electron chi connectivity index (χ2n) is 3.75. The molecular weight excluding hydrogens is 285 g/mol.